The standard InChI is InChI=1S/C21H15F3N8O2S/c22-21(23,24)9-31-8-11(7-27-31)17-29-30-18(34-17)20(33)32-6-5-13-15(26-10-25-13)16(32)19-28-12-3-1-2-4-14(12)35-19/h1-4,7-8,10,16H,5-6,9H2,(H,25,26)/t16-/m0/s1. The lowest BCUT2D eigenvalue weighted by Gasteiger charge is -2.32. The Bertz CT molecular complexity index is 1500. The summed E-state index contributed by atoms with van der Waals surface area (Å²) in [5.74, 6) is -0.909. The number of carbonyl (C=O) groups excluding carboxylic acids is 1. The molecular formula is C21H15F3N8O2S. The number of alkyl halides is 3. The van der Waals surface area contributed by atoms with Crippen molar-refractivity contribution in [2.45, 2.75) is 25.2 Å². The molecule has 0 bridgehead atoms. The molecule has 1 N–H and O–H groups in total. The van der Waals surface area contributed by atoms with Crippen LogP contribution in [0.2, 0.25) is 0 Å². The molecule has 1 aliphatic rings. The summed E-state index contributed by atoms with van der Waals surface area (Å²) in [5, 5.41) is 12.1. The summed E-state index contributed by atoms with van der Waals surface area (Å²) in [5.41, 5.74) is 2.61. The van der Waals surface area contributed by atoms with Gasteiger partial charge in [0.25, 0.3) is 5.89 Å². The van der Waals surface area contributed by atoms with E-state index >= 15 is 0 Å². The first-order valence-electron chi connectivity index (χ1n) is 10.5. The Morgan fingerprint density at radius 1 is 1.26 bits per heavy atom. The average molecular weight is 500 g/mol. The van der Waals surface area contributed by atoms with E-state index in [2.05, 4.69) is 25.3 Å². The number of imidazole rings is 1. The highest BCUT2D eigenvalue weighted by molar-refractivity contribution is 7.18. The van der Waals surface area contributed by atoms with Crippen molar-refractivity contribution in [3.05, 3.63) is 65.3 Å². The molecule has 0 unspecified atom stereocenters. The summed E-state index contributed by atoms with van der Waals surface area (Å²) in [6, 6.07) is 7.12. The van der Waals surface area contributed by atoms with Crippen LogP contribution in [0.15, 0.2) is 47.4 Å². The Morgan fingerprint density at radius 2 is 2.11 bits per heavy atom. The first kappa shape index (κ1) is 21.5. The van der Waals surface area contributed by atoms with Crippen molar-refractivity contribution in [3.8, 4) is 11.5 Å². The normalized spacial score (nSPS) is 16.1. The number of nitrogens with one attached hydrogen (secondary N) is 1. The maximum Gasteiger partial charge on any atom is 0.408 e. The molecule has 35 heavy (non-hydrogen) atoms. The minimum atomic E-state index is -4.42. The number of hydrogen-bond donors (Lipinski definition) is 1. The van der Waals surface area contributed by atoms with Crippen molar-refractivity contribution in [1.29, 1.82) is 0 Å². The van der Waals surface area contributed by atoms with Crippen LogP contribution >= 0.6 is 11.3 Å². The van der Waals surface area contributed by atoms with Crippen LogP contribution in [-0.2, 0) is 13.0 Å². The fourth-order valence-electron chi connectivity index (χ4n) is 4.05. The van der Waals surface area contributed by atoms with Crippen LogP contribution in [0.25, 0.3) is 21.7 Å². The number of amides is 1. The number of aromatic amines is 1. The number of fused-ring (bicyclic) bond motifs is 2. The minimum absolute atomic E-state index is 0.101. The average Bonchev–Trinajstić information content (AvgIpc) is 3.62. The Morgan fingerprint density at radius 3 is 2.94 bits per heavy atom. The lowest BCUT2D eigenvalue weighted by atomic mass is 10.0. The number of aromatic nitrogens is 7. The number of benzene rings is 1. The zero-order valence-corrected chi connectivity index (χ0v) is 18.5. The number of carbonyl (C=O) groups is 1. The van der Waals surface area contributed by atoms with E-state index in [0.717, 1.165) is 22.1 Å². The topological polar surface area (TPSA) is 119 Å². The van der Waals surface area contributed by atoms with Gasteiger partial charge in [0.15, 0.2) is 0 Å². The molecular weight excluding hydrogens is 485 g/mol. The van der Waals surface area contributed by atoms with Crippen molar-refractivity contribution in [1.82, 2.24) is 39.8 Å². The second-order valence-corrected chi connectivity index (χ2v) is 8.95. The Hall–Kier alpha value is -4.07. The van der Waals surface area contributed by atoms with Gasteiger partial charge in [-0.15, -0.1) is 21.5 Å². The summed E-state index contributed by atoms with van der Waals surface area (Å²) in [4.78, 5) is 27.3. The fraction of sp³-hybridized carbons (Fsp3) is 0.238. The Kier molecular flexibility index (Phi) is 4.91. The third-order valence-electron chi connectivity index (χ3n) is 5.56. The van der Waals surface area contributed by atoms with E-state index in [0.29, 0.717) is 28.3 Å². The van der Waals surface area contributed by atoms with Crippen LogP contribution in [0.5, 0.6) is 0 Å². The van der Waals surface area contributed by atoms with Gasteiger partial charge in [-0.1, -0.05) is 12.1 Å². The van der Waals surface area contributed by atoms with Crippen molar-refractivity contribution in [2.75, 3.05) is 6.54 Å². The summed E-state index contributed by atoms with van der Waals surface area (Å²) in [7, 11) is 0. The molecule has 0 fully saturated rings. The number of para-hydroxylation sites is 1. The van der Waals surface area contributed by atoms with E-state index in [-0.39, 0.29) is 17.3 Å². The van der Waals surface area contributed by atoms with E-state index in [9.17, 15) is 18.0 Å². The number of thiazole rings is 1. The predicted octanol–water partition coefficient (Wildman–Crippen LogP) is 3.62. The third kappa shape index (κ3) is 3.95. The summed E-state index contributed by atoms with van der Waals surface area (Å²) in [6.45, 7) is -0.896. The van der Waals surface area contributed by atoms with E-state index in [1.54, 1.807) is 11.2 Å². The molecule has 4 aromatic heterocycles. The number of H-pyrrole nitrogens is 1. The van der Waals surface area contributed by atoms with Crippen LogP contribution in [0.1, 0.15) is 33.1 Å². The highest BCUT2D eigenvalue weighted by Crippen LogP contribution is 2.38. The van der Waals surface area contributed by atoms with Crippen LogP contribution in [0.3, 0.4) is 0 Å². The molecule has 10 nitrogen and oxygen atoms in total. The molecule has 0 spiro atoms. The maximum atomic E-state index is 13.5. The van der Waals surface area contributed by atoms with Gasteiger partial charge in [-0.05, 0) is 12.1 Å². The predicted molar refractivity (Wildman–Crippen MR) is 116 cm³/mol. The van der Waals surface area contributed by atoms with Crippen LogP contribution in [0, 0.1) is 0 Å². The van der Waals surface area contributed by atoms with Gasteiger partial charge in [0.1, 0.15) is 17.6 Å². The highest BCUT2D eigenvalue weighted by Gasteiger charge is 2.38. The number of hydrogen-bond acceptors (Lipinski definition) is 8. The molecule has 14 heteroatoms. The Balaban J connectivity index is 1.32. The second kappa shape index (κ2) is 8.01. The number of nitrogens with zero attached hydrogens (tertiary/aromatic N) is 7. The van der Waals surface area contributed by atoms with Gasteiger partial charge < -0.3 is 14.3 Å². The zero-order valence-electron chi connectivity index (χ0n) is 17.7. The quantitative estimate of drug-likeness (QED) is 0.400. The smallest absolute Gasteiger partial charge is 0.408 e. The molecule has 1 aliphatic heterocycles. The molecule has 178 valence electrons. The van der Waals surface area contributed by atoms with E-state index in [1.807, 2.05) is 24.3 Å². The van der Waals surface area contributed by atoms with Crippen LogP contribution in [-0.4, -0.2) is 58.5 Å². The molecule has 1 amide bonds. The second-order valence-electron chi connectivity index (χ2n) is 7.89. The van der Waals surface area contributed by atoms with E-state index in [1.165, 1.54) is 17.5 Å². The third-order valence-corrected chi connectivity index (χ3v) is 6.65. The Labute approximate surface area is 198 Å². The van der Waals surface area contributed by atoms with E-state index in [4.69, 9.17) is 9.40 Å². The SMILES string of the molecule is O=C(c1nnc(-c2cnn(CC(F)(F)F)c2)o1)N1CCc2[nH]cnc2[C@H]1c1nc2ccccc2s1. The van der Waals surface area contributed by atoms with Gasteiger partial charge in [-0.3, -0.25) is 9.48 Å². The molecule has 0 saturated heterocycles. The first-order valence-corrected chi connectivity index (χ1v) is 11.3. The van der Waals surface area contributed by atoms with Crippen LogP contribution in [0.4, 0.5) is 13.2 Å². The van der Waals surface area contributed by atoms with Crippen molar-refractivity contribution < 1.29 is 22.4 Å². The van der Waals surface area contributed by atoms with Gasteiger partial charge >= 0.3 is 18.0 Å². The lowest BCUT2D eigenvalue weighted by Crippen LogP contribution is -2.40. The van der Waals surface area contributed by atoms with Crippen molar-refractivity contribution in [3.63, 3.8) is 0 Å². The number of halogens is 3. The minimum Gasteiger partial charge on any atom is -0.412 e. The van der Waals surface area contributed by atoms with E-state index < -0.39 is 24.7 Å². The maximum absolute atomic E-state index is 13.5. The zero-order chi connectivity index (χ0) is 24.2. The highest BCUT2D eigenvalue weighted by atomic mass is 32.1. The molecule has 1 aromatic carbocycles. The van der Waals surface area contributed by atoms with Crippen molar-refractivity contribution >= 4 is 27.5 Å². The molecule has 1 atom stereocenters. The summed E-state index contributed by atoms with van der Waals surface area (Å²) < 4.78 is 45.1. The van der Waals surface area contributed by atoms with Crippen LogP contribution < -0.4 is 0 Å². The molecule has 5 heterocycles. The lowest BCUT2D eigenvalue weighted by molar-refractivity contribution is -0.142. The molecule has 0 radical (unpaired) electrons. The van der Waals surface area contributed by atoms with Gasteiger partial charge in [0, 0.05) is 24.9 Å². The van der Waals surface area contributed by atoms with Gasteiger partial charge in [0.05, 0.1) is 34.0 Å². The fourth-order valence-corrected chi connectivity index (χ4v) is 5.13. The summed E-state index contributed by atoms with van der Waals surface area (Å²) >= 11 is 1.47. The van der Waals surface area contributed by atoms with Gasteiger partial charge in [-0.2, -0.15) is 18.3 Å². The molecule has 6 rings (SSSR count). The van der Waals surface area contributed by atoms with Crippen molar-refractivity contribution in [2.24, 2.45) is 0 Å². The monoisotopic (exact) mass is 500 g/mol. The molecule has 5 aromatic rings. The first-order chi connectivity index (χ1) is 16.9. The van der Waals surface area contributed by atoms with Gasteiger partial charge in [-0.25, -0.2) is 9.97 Å². The van der Waals surface area contributed by atoms with Gasteiger partial charge in [0.2, 0.25) is 0 Å². The number of rotatable bonds is 4. The molecule has 0 saturated carbocycles. The largest absolute Gasteiger partial charge is 0.412 e. The summed E-state index contributed by atoms with van der Waals surface area (Å²) in [6.07, 6.45) is 0.0226. The molecule has 0 aliphatic carbocycles.